The highest BCUT2D eigenvalue weighted by atomic mass is 19.1. The SMILES string of the molecule is CC(NC(=O)c1cc(C#N)cnc1NCc1ccc(-c2cnc3[nH]ncc3c2)cc1)c1ccc(F)cc1. The van der Waals surface area contributed by atoms with Crippen LogP contribution in [-0.2, 0) is 6.54 Å². The molecule has 0 bridgehead atoms. The number of carbonyl (C=O) groups is 1. The van der Waals surface area contributed by atoms with Crippen LogP contribution in [0.15, 0.2) is 79.3 Å². The zero-order chi connectivity index (χ0) is 25.8. The van der Waals surface area contributed by atoms with Gasteiger partial charge in [0.15, 0.2) is 5.65 Å². The number of anilines is 1. The number of hydrogen-bond donors (Lipinski definition) is 3. The van der Waals surface area contributed by atoms with Crippen LogP contribution in [0.5, 0.6) is 0 Å². The zero-order valence-corrected chi connectivity index (χ0v) is 19.9. The van der Waals surface area contributed by atoms with Gasteiger partial charge in [-0.05, 0) is 47.9 Å². The third-order valence-corrected chi connectivity index (χ3v) is 6.02. The number of rotatable bonds is 7. The van der Waals surface area contributed by atoms with E-state index in [-0.39, 0.29) is 28.9 Å². The van der Waals surface area contributed by atoms with Crippen molar-refractivity contribution in [3.63, 3.8) is 0 Å². The smallest absolute Gasteiger partial charge is 0.255 e. The Labute approximate surface area is 212 Å². The lowest BCUT2D eigenvalue weighted by molar-refractivity contribution is 0.0940. The number of pyridine rings is 2. The van der Waals surface area contributed by atoms with Gasteiger partial charge in [-0.15, -0.1) is 0 Å². The van der Waals surface area contributed by atoms with Crippen LogP contribution in [0.4, 0.5) is 10.2 Å². The lowest BCUT2D eigenvalue weighted by Crippen LogP contribution is -2.28. The number of halogens is 1. The van der Waals surface area contributed by atoms with E-state index in [1.807, 2.05) is 36.4 Å². The minimum absolute atomic E-state index is 0.254. The van der Waals surface area contributed by atoms with E-state index in [1.54, 1.807) is 31.5 Å². The second-order valence-electron chi connectivity index (χ2n) is 8.56. The molecule has 1 amide bonds. The standard InChI is InChI=1S/C28H22FN7O/c1-17(20-6-8-24(29)9-7-20)35-28(37)25-10-19(12-30)14-32-27(25)31-13-18-2-4-21(5-3-18)22-11-23-16-34-36-26(23)33-15-22/h2-11,14-17H,13H2,1H3,(H,31,32)(H,35,37)(H,33,34,36). The van der Waals surface area contributed by atoms with Gasteiger partial charge in [0.05, 0.1) is 23.4 Å². The first kappa shape index (κ1) is 23.6. The van der Waals surface area contributed by atoms with Crippen molar-refractivity contribution < 1.29 is 9.18 Å². The minimum atomic E-state index is -0.388. The Kier molecular flexibility index (Phi) is 6.55. The van der Waals surface area contributed by atoms with E-state index in [2.05, 4.69) is 30.8 Å². The molecule has 0 aliphatic heterocycles. The van der Waals surface area contributed by atoms with E-state index in [9.17, 15) is 14.4 Å². The van der Waals surface area contributed by atoms with Crippen LogP contribution in [0.3, 0.4) is 0 Å². The third-order valence-electron chi connectivity index (χ3n) is 6.02. The molecule has 5 aromatic rings. The number of amides is 1. The van der Waals surface area contributed by atoms with Crippen molar-refractivity contribution in [2.45, 2.75) is 19.5 Å². The first-order valence-corrected chi connectivity index (χ1v) is 11.6. The van der Waals surface area contributed by atoms with Crippen molar-refractivity contribution in [3.05, 3.63) is 107 Å². The van der Waals surface area contributed by atoms with Crippen molar-refractivity contribution in [1.82, 2.24) is 25.5 Å². The molecule has 5 rings (SSSR count). The van der Waals surface area contributed by atoms with Gasteiger partial charge in [-0.2, -0.15) is 10.4 Å². The van der Waals surface area contributed by atoms with Crippen LogP contribution < -0.4 is 10.6 Å². The summed E-state index contributed by atoms with van der Waals surface area (Å²) in [6.45, 7) is 2.23. The van der Waals surface area contributed by atoms with Gasteiger partial charge in [-0.1, -0.05) is 36.4 Å². The maximum Gasteiger partial charge on any atom is 0.255 e. The Bertz CT molecular complexity index is 1600. The number of aromatic amines is 1. The molecule has 0 aliphatic carbocycles. The molecule has 3 N–H and O–H groups in total. The number of fused-ring (bicyclic) bond motifs is 1. The van der Waals surface area contributed by atoms with Crippen LogP contribution in [0.1, 0.15) is 40.0 Å². The summed E-state index contributed by atoms with van der Waals surface area (Å²) in [5, 5.41) is 23.2. The number of nitrogens with one attached hydrogen (secondary N) is 3. The van der Waals surface area contributed by atoms with E-state index in [4.69, 9.17) is 0 Å². The zero-order valence-electron chi connectivity index (χ0n) is 19.9. The average Bonchev–Trinajstić information content (AvgIpc) is 3.40. The molecule has 1 atom stereocenters. The molecule has 9 heteroatoms. The van der Waals surface area contributed by atoms with Gasteiger partial charge >= 0.3 is 0 Å². The topological polar surface area (TPSA) is 119 Å². The van der Waals surface area contributed by atoms with Gasteiger partial charge in [-0.25, -0.2) is 14.4 Å². The van der Waals surface area contributed by atoms with Gasteiger partial charge < -0.3 is 10.6 Å². The van der Waals surface area contributed by atoms with Crippen molar-refractivity contribution in [2.75, 3.05) is 5.32 Å². The third kappa shape index (κ3) is 5.28. The molecule has 182 valence electrons. The van der Waals surface area contributed by atoms with Crippen LogP contribution in [0, 0.1) is 17.1 Å². The first-order valence-electron chi connectivity index (χ1n) is 11.6. The molecule has 0 radical (unpaired) electrons. The Morgan fingerprint density at radius 1 is 1.03 bits per heavy atom. The molecule has 0 aliphatic rings. The summed E-state index contributed by atoms with van der Waals surface area (Å²) < 4.78 is 13.3. The summed E-state index contributed by atoms with van der Waals surface area (Å²) in [4.78, 5) is 21.8. The molecule has 2 aromatic carbocycles. The molecular formula is C28H22FN7O. The fraction of sp³-hybridized carbons (Fsp3) is 0.107. The van der Waals surface area contributed by atoms with E-state index < -0.39 is 0 Å². The fourth-order valence-electron chi connectivity index (χ4n) is 3.94. The molecule has 3 heterocycles. The van der Waals surface area contributed by atoms with E-state index >= 15 is 0 Å². The lowest BCUT2D eigenvalue weighted by Gasteiger charge is -2.16. The number of carbonyl (C=O) groups excluding carboxylic acids is 1. The van der Waals surface area contributed by atoms with Crippen LogP contribution in [0.2, 0.25) is 0 Å². The Morgan fingerprint density at radius 3 is 2.57 bits per heavy atom. The monoisotopic (exact) mass is 491 g/mol. The highest BCUT2D eigenvalue weighted by Crippen LogP contribution is 2.23. The summed E-state index contributed by atoms with van der Waals surface area (Å²) in [7, 11) is 0. The van der Waals surface area contributed by atoms with Crippen molar-refractivity contribution in [3.8, 4) is 17.2 Å². The van der Waals surface area contributed by atoms with Crippen molar-refractivity contribution in [1.29, 1.82) is 5.26 Å². The minimum Gasteiger partial charge on any atom is -0.365 e. The number of nitrogens with zero attached hydrogens (tertiary/aromatic N) is 4. The number of hydrogen-bond acceptors (Lipinski definition) is 6. The largest absolute Gasteiger partial charge is 0.365 e. The Morgan fingerprint density at radius 2 is 1.81 bits per heavy atom. The maximum atomic E-state index is 13.3. The summed E-state index contributed by atoms with van der Waals surface area (Å²) in [5.41, 5.74) is 5.02. The predicted octanol–water partition coefficient (Wildman–Crippen LogP) is 5.13. The molecule has 0 fully saturated rings. The maximum absolute atomic E-state index is 13.3. The van der Waals surface area contributed by atoms with Crippen LogP contribution >= 0.6 is 0 Å². The van der Waals surface area contributed by atoms with Gasteiger partial charge in [0.2, 0.25) is 0 Å². The summed E-state index contributed by atoms with van der Waals surface area (Å²) in [5.74, 6) is -0.369. The molecule has 0 saturated heterocycles. The highest BCUT2D eigenvalue weighted by Gasteiger charge is 2.17. The second-order valence-corrected chi connectivity index (χ2v) is 8.56. The number of H-pyrrole nitrogens is 1. The average molecular weight is 492 g/mol. The summed E-state index contributed by atoms with van der Waals surface area (Å²) in [6, 6.07) is 19.1. The normalized spacial score (nSPS) is 11.6. The molecule has 1 unspecified atom stereocenters. The first-order chi connectivity index (χ1) is 18.0. The number of aromatic nitrogens is 4. The molecule has 0 spiro atoms. The van der Waals surface area contributed by atoms with Gasteiger partial charge in [0.25, 0.3) is 5.91 Å². The quantitative estimate of drug-likeness (QED) is 0.290. The Balaban J connectivity index is 1.30. The fourth-order valence-corrected chi connectivity index (χ4v) is 3.94. The molecule has 8 nitrogen and oxygen atoms in total. The molecule has 0 saturated carbocycles. The van der Waals surface area contributed by atoms with Crippen LogP contribution in [-0.4, -0.2) is 26.1 Å². The van der Waals surface area contributed by atoms with E-state index in [0.29, 0.717) is 12.4 Å². The highest BCUT2D eigenvalue weighted by molar-refractivity contribution is 5.99. The van der Waals surface area contributed by atoms with Gasteiger partial charge in [0, 0.05) is 29.9 Å². The molecular weight excluding hydrogens is 469 g/mol. The molecule has 3 aromatic heterocycles. The van der Waals surface area contributed by atoms with Crippen molar-refractivity contribution >= 4 is 22.8 Å². The number of nitriles is 1. The number of benzene rings is 2. The second kappa shape index (κ2) is 10.3. The van der Waals surface area contributed by atoms with E-state index in [1.165, 1.54) is 24.4 Å². The summed E-state index contributed by atoms with van der Waals surface area (Å²) in [6.07, 6.45) is 4.96. The summed E-state index contributed by atoms with van der Waals surface area (Å²) >= 11 is 0. The van der Waals surface area contributed by atoms with E-state index in [0.717, 1.165) is 33.3 Å². The van der Waals surface area contributed by atoms with Crippen LogP contribution in [0.25, 0.3) is 22.2 Å². The lowest BCUT2D eigenvalue weighted by atomic mass is 10.0. The van der Waals surface area contributed by atoms with Gasteiger partial charge in [0.1, 0.15) is 17.7 Å². The van der Waals surface area contributed by atoms with Crippen molar-refractivity contribution in [2.24, 2.45) is 0 Å². The molecule has 37 heavy (non-hydrogen) atoms. The van der Waals surface area contributed by atoms with Gasteiger partial charge in [-0.3, -0.25) is 9.89 Å². The predicted molar refractivity (Wildman–Crippen MR) is 138 cm³/mol. The Hall–Kier alpha value is -5.10.